The van der Waals surface area contributed by atoms with Gasteiger partial charge in [0.25, 0.3) is 0 Å². The van der Waals surface area contributed by atoms with Gasteiger partial charge in [0, 0.05) is 18.3 Å². The van der Waals surface area contributed by atoms with Crippen molar-refractivity contribution in [3.05, 3.63) is 71.9 Å². The SMILES string of the molecule is CN=C(NCc1cc2ccccc2[nH]1)NC(C)c1ccccc1. The number of aromatic amines is 1. The molecule has 1 atom stereocenters. The van der Waals surface area contributed by atoms with E-state index in [0.717, 1.165) is 17.2 Å². The number of nitrogens with zero attached hydrogens (tertiary/aromatic N) is 1. The summed E-state index contributed by atoms with van der Waals surface area (Å²) >= 11 is 0. The van der Waals surface area contributed by atoms with Crippen LogP contribution in [0, 0.1) is 0 Å². The molecule has 0 bridgehead atoms. The number of rotatable bonds is 4. The maximum Gasteiger partial charge on any atom is 0.191 e. The van der Waals surface area contributed by atoms with Gasteiger partial charge < -0.3 is 15.6 Å². The fraction of sp³-hybridized carbons (Fsp3) is 0.211. The minimum atomic E-state index is 0.199. The highest BCUT2D eigenvalue weighted by molar-refractivity contribution is 5.82. The molecule has 3 rings (SSSR count). The molecule has 1 heterocycles. The predicted molar refractivity (Wildman–Crippen MR) is 96.5 cm³/mol. The Bertz CT molecular complexity index is 756. The fourth-order valence-electron chi connectivity index (χ4n) is 2.63. The van der Waals surface area contributed by atoms with Gasteiger partial charge in [-0.1, -0.05) is 48.5 Å². The van der Waals surface area contributed by atoms with Crippen molar-refractivity contribution < 1.29 is 0 Å². The van der Waals surface area contributed by atoms with E-state index < -0.39 is 0 Å². The maximum absolute atomic E-state index is 4.30. The monoisotopic (exact) mass is 306 g/mol. The summed E-state index contributed by atoms with van der Waals surface area (Å²) < 4.78 is 0. The van der Waals surface area contributed by atoms with Gasteiger partial charge in [0.1, 0.15) is 0 Å². The molecule has 0 aliphatic heterocycles. The Hall–Kier alpha value is -2.75. The first-order valence-corrected chi connectivity index (χ1v) is 7.85. The third kappa shape index (κ3) is 3.72. The zero-order valence-corrected chi connectivity index (χ0v) is 13.5. The van der Waals surface area contributed by atoms with Gasteiger partial charge in [0.2, 0.25) is 0 Å². The smallest absolute Gasteiger partial charge is 0.191 e. The summed E-state index contributed by atoms with van der Waals surface area (Å²) in [6.07, 6.45) is 0. The largest absolute Gasteiger partial charge is 0.357 e. The molecule has 0 amide bonds. The highest BCUT2D eigenvalue weighted by Gasteiger charge is 2.07. The molecule has 0 fully saturated rings. The van der Waals surface area contributed by atoms with E-state index in [1.165, 1.54) is 10.9 Å². The van der Waals surface area contributed by atoms with Crippen molar-refractivity contribution >= 4 is 16.9 Å². The van der Waals surface area contributed by atoms with Crippen molar-refractivity contribution in [3.8, 4) is 0 Å². The quantitative estimate of drug-likeness (QED) is 0.509. The molecule has 0 aliphatic rings. The lowest BCUT2D eigenvalue weighted by Crippen LogP contribution is -2.38. The second-order valence-corrected chi connectivity index (χ2v) is 5.58. The Labute approximate surface area is 136 Å². The van der Waals surface area contributed by atoms with Crippen LogP contribution in [-0.2, 0) is 6.54 Å². The van der Waals surface area contributed by atoms with Crippen LogP contribution in [0.25, 0.3) is 10.9 Å². The number of benzene rings is 2. The van der Waals surface area contributed by atoms with Crippen molar-refractivity contribution in [2.24, 2.45) is 4.99 Å². The van der Waals surface area contributed by atoms with Crippen LogP contribution in [0.15, 0.2) is 65.7 Å². The zero-order chi connectivity index (χ0) is 16.1. The van der Waals surface area contributed by atoms with E-state index in [0.29, 0.717) is 6.54 Å². The molecular formula is C19H22N4. The highest BCUT2D eigenvalue weighted by Crippen LogP contribution is 2.14. The van der Waals surface area contributed by atoms with Crippen molar-refractivity contribution in [2.75, 3.05) is 7.05 Å². The van der Waals surface area contributed by atoms with Crippen LogP contribution in [0.5, 0.6) is 0 Å². The number of H-pyrrole nitrogens is 1. The average Bonchev–Trinajstić information content (AvgIpc) is 3.02. The Morgan fingerprint density at radius 1 is 1.09 bits per heavy atom. The number of aromatic nitrogens is 1. The molecule has 1 unspecified atom stereocenters. The molecule has 23 heavy (non-hydrogen) atoms. The van der Waals surface area contributed by atoms with E-state index >= 15 is 0 Å². The Morgan fingerprint density at radius 2 is 1.83 bits per heavy atom. The van der Waals surface area contributed by atoms with Gasteiger partial charge in [-0.3, -0.25) is 4.99 Å². The van der Waals surface area contributed by atoms with Gasteiger partial charge in [0.15, 0.2) is 5.96 Å². The third-order valence-corrected chi connectivity index (χ3v) is 3.91. The van der Waals surface area contributed by atoms with Crippen LogP contribution in [-0.4, -0.2) is 18.0 Å². The summed E-state index contributed by atoms with van der Waals surface area (Å²) in [4.78, 5) is 7.72. The highest BCUT2D eigenvalue weighted by atomic mass is 15.2. The van der Waals surface area contributed by atoms with Crippen molar-refractivity contribution in [1.29, 1.82) is 0 Å². The summed E-state index contributed by atoms with van der Waals surface area (Å²) in [5.41, 5.74) is 3.53. The molecular weight excluding hydrogens is 284 g/mol. The number of hydrogen-bond donors (Lipinski definition) is 3. The van der Waals surface area contributed by atoms with Crippen molar-refractivity contribution in [1.82, 2.24) is 15.6 Å². The molecule has 0 spiro atoms. The van der Waals surface area contributed by atoms with Crippen LogP contribution in [0.3, 0.4) is 0 Å². The summed E-state index contributed by atoms with van der Waals surface area (Å²) in [5.74, 6) is 0.792. The maximum atomic E-state index is 4.30. The number of fused-ring (bicyclic) bond motifs is 1. The molecule has 4 nitrogen and oxygen atoms in total. The number of guanidine groups is 1. The van der Waals surface area contributed by atoms with Gasteiger partial charge in [-0.15, -0.1) is 0 Å². The molecule has 0 aliphatic carbocycles. The summed E-state index contributed by atoms with van der Waals surface area (Å²) in [6.45, 7) is 2.83. The fourth-order valence-corrected chi connectivity index (χ4v) is 2.63. The molecule has 3 aromatic rings. The van der Waals surface area contributed by atoms with Gasteiger partial charge in [0.05, 0.1) is 12.6 Å². The summed E-state index contributed by atoms with van der Waals surface area (Å²) in [6, 6.07) is 21.0. The second kappa shape index (κ2) is 7.01. The predicted octanol–water partition coefficient (Wildman–Crippen LogP) is 3.59. The van der Waals surface area contributed by atoms with Gasteiger partial charge in [-0.2, -0.15) is 0 Å². The summed E-state index contributed by atoms with van der Waals surface area (Å²) in [7, 11) is 1.79. The van der Waals surface area contributed by atoms with Crippen LogP contribution in [0.1, 0.15) is 24.2 Å². The van der Waals surface area contributed by atoms with Crippen LogP contribution in [0.4, 0.5) is 0 Å². The Morgan fingerprint density at radius 3 is 2.57 bits per heavy atom. The third-order valence-electron chi connectivity index (χ3n) is 3.91. The standard InChI is InChI=1S/C19H22N4/c1-14(15-8-4-3-5-9-15)22-19(20-2)21-13-17-12-16-10-6-7-11-18(16)23-17/h3-12,14,23H,13H2,1-2H3,(H2,20,21,22). The molecule has 2 aromatic carbocycles. The Kier molecular flexibility index (Phi) is 4.62. The van der Waals surface area contributed by atoms with E-state index in [1.54, 1.807) is 7.05 Å². The molecule has 3 N–H and O–H groups in total. The Balaban J connectivity index is 1.61. The minimum absolute atomic E-state index is 0.199. The van der Waals surface area contributed by atoms with E-state index in [-0.39, 0.29) is 6.04 Å². The first-order valence-electron chi connectivity index (χ1n) is 7.85. The number of para-hydroxylation sites is 1. The molecule has 4 heteroatoms. The molecule has 0 radical (unpaired) electrons. The van der Waals surface area contributed by atoms with Gasteiger partial charge in [-0.05, 0) is 30.0 Å². The topological polar surface area (TPSA) is 52.2 Å². The molecule has 118 valence electrons. The van der Waals surface area contributed by atoms with Gasteiger partial charge in [-0.25, -0.2) is 0 Å². The summed E-state index contributed by atoms with van der Waals surface area (Å²) in [5, 5.41) is 7.99. The number of aliphatic imine (C=N–C) groups is 1. The van der Waals surface area contributed by atoms with E-state index in [4.69, 9.17) is 0 Å². The lowest BCUT2D eigenvalue weighted by Gasteiger charge is -2.18. The zero-order valence-electron chi connectivity index (χ0n) is 13.5. The van der Waals surface area contributed by atoms with Crippen LogP contribution in [0.2, 0.25) is 0 Å². The average molecular weight is 306 g/mol. The number of nitrogens with one attached hydrogen (secondary N) is 3. The molecule has 0 saturated carbocycles. The van der Waals surface area contributed by atoms with Crippen molar-refractivity contribution in [2.45, 2.75) is 19.5 Å². The van der Waals surface area contributed by atoms with Crippen molar-refractivity contribution in [3.63, 3.8) is 0 Å². The van der Waals surface area contributed by atoms with E-state index in [2.05, 4.69) is 63.9 Å². The molecule has 1 aromatic heterocycles. The minimum Gasteiger partial charge on any atom is -0.357 e. The first-order chi connectivity index (χ1) is 11.3. The van der Waals surface area contributed by atoms with E-state index in [1.807, 2.05) is 24.3 Å². The lowest BCUT2D eigenvalue weighted by molar-refractivity contribution is 0.683. The van der Waals surface area contributed by atoms with Gasteiger partial charge >= 0.3 is 0 Å². The number of hydrogen-bond acceptors (Lipinski definition) is 1. The lowest BCUT2D eigenvalue weighted by atomic mass is 10.1. The normalized spacial score (nSPS) is 13.0. The van der Waals surface area contributed by atoms with Crippen LogP contribution >= 0.6 is 0 Å². The molecule has 0 saturated heterocycles. The van der Waals surface area contributed by atoms with E-state index in [9.17, 15) is 0 Å². The second-order valence-electron chi connectivity index (χ2n) is 5.58. The van der Waals surface area contributed by atoms with Crippen LogP contribution < -0.4 is 10.6 Å². The first kappa shape index (κ1) is 15.2.